The second-order valence-electron chi connectivity index (χ2n) is 6.06. The number of hydrogen-bond acceptors (Lipinski definition) is 5. The van der Waals surface area contributed by atoms with Crippen molar-refractivity contribution < 1.29 is 28.9 Å². The zero-order valence-electron chi connectivity index (χ0n) is 16.2. The summed E-state index contributed by atoms with van der Waals surface area (Å²) in [4.78, 5) is 24.1. The molecular weight excluding hydrogens is 362 g/mol. The number of carboxylic acid groups (broad SMARTS) is 1. The molecule has 1 amide bonds. The molecule has 0 saturated carbocycles. The molecule has 2 aromatic carbocycles. The van der Waals surface area contributed by atoms with Crippen molar-refractivity contribution in [1.82, 2.24) is 5.32 Å². The van der Waals surface area contributed by atoms with Gasteiger partial charge in [0.2, 0.25) is 0 Å². The molecule has 28 heavy (non-hydrogen) atoms. The third kappa shape index (κ3) is 5.39. The number of carboxylic acids is 1. The minimum atomic E-state index is -0.990. The van der Waals surface area contributed by atoms with Crippen LogP contribution in [0.2, 0.25) is 0 Å². The summed E-state index contributed by atoms with van der Waals surface area (Å²) in [5.74, 6) is -0.552. The van der Waals surface area contributed by atoms with E-state index in [9.17, 15) is 14.7 Å². The first kappa shape index (κ1) is 21.1. The Labute approximate surface area is 164 Å². The van der Waals surface area contributed by atoms with Gasteiger partial charge in [0.05, 0.1) is 26.7 Å². The molecule has 0 heterocycles. The van der Waals surface area contributed by atoms with E-state index in [2.05, 4.69) is 5.32 Å². The molecule has 0 bridgehead atoms. The Bertz CT molecular complexity index is 820. The van der Waals surface area contributed by atoms with Crippen LogP contribution in [-0.4, -0.2) is 44.4 Å². The van der Waals surface area contributed by atoms with E-state index in [0.717, 1.165) is 5.56 Å². The van der Waals surface area contributed by atoms with Crippen LogP contribution < -0.4 is 19.5 Å². The van der Waals surface area contributed by atoms with E-state index in [1.165, 1.54) is 14.2 Å². The molecule has 7 heteroatoms. The highest BCUT2D eigenvalue weighted by molar-refractivity contribution is 5.95. The lowest BCUT2D eigenvalue weighted by Crippen LogP contribution is -2.34. The van der Waals surface area contributed by atoms with E-state index in [0.29, 0.717) is 29.4 Å². The molecule has 7 nitrogen and oxygen atoms in total. The van der Waals surface area contributed by atoms with Crippen LogP contribution in [0, 0.1) is 5.92 Å². The molecule has 0 aliphatic carbocycles. The van der Waals surface area contributed by atoms with Crippen LogP contribution in [0.15, 0.2) is 42.5 Å². The Balaban J connectivity index is 2.07. The van der Waals surface area contributed by atoms with E-state index in [1.54, 1.807) is 24.3 Å². The van der Waals surface area contributed by atoms with Gasteiger partial charge in [0.15, 0.2) is 11.5 Å². The number of para-hydroxylation sites is 1. The highest BCUT2D eigenvalue weighted by Crippen LogP contribution is 2.28. The van der Waals surface area contributed by atoms with Crippen molar-refractivity contribution in [3.63, 3.8) is 0 Å². The summed E-state index contributed by atoms with van der Waals surface area (Å²) >= 11 is 0. The average molecular weight is 387 g/mol. The van der Waals surface area contributed by atoms with Crippen LogP contribution in [0.3, 0.4) is 0 Å². The fraction of sp³-hybridized carbons (Fsp3) is 0.333. The van der Waals surface area contributed by atoms with E-state index >= 15 is 0 Å². The number of ether oxygens (including phenoxy) is 3. The van der Waals surface area contributed by atoms with Gasteiger partial charge in [-0.25, -0.2) is 0 Å². The van der Waals surface area contributed by atoms with Gasteiger partial charge in [-0.05, 0) is 43.2 Å². The summed E-state index contributed by atoms with van der Waals surface area (Å²) in [6, 6.07) is 12.1. The van der Waals surface area contributed by atoms with Crippen molar-refractivity contribution in [3.8, 4) is 17.2 Å². The standard InChI is InChI=1S/C21H25NO6/c1-4-28-18-10-9-15(12-19(18)27-3)20(23)22-13-16(21(24)25)11-14-7-5-6-8-17(14)26-2/h5-10,12,16H,4,11,13H2,1-3H3,(H,22,23)(H,24,25). The van der Waals surface area contributed by atoms with Crippen molar-refractivity contribution in [2.45, 2.75) is 13.3 Å². The molecule has 0 aliphatic rings. The van der Waals surface area contributed by atoms with Gasteiger partial charge in [-0.1, -0.05) is 18.2 Å². The summed E-state index contributed by atoms with van der Waals surface area (Å²) in [5, 5.41) is 12.2. The first-order chi connectivity index (χ1) is 13.5. The molecule has 1 atom stereocenters. The van der Waals surface area contributed by atoms with Gasteiger partial charge in [0.25, 0.3) is 5.91 Å². The lowest BCUT2D eigenvalue weighted by atomic mass is 9.98. The maximum atomic E-state index is 12.5. The fourth-order valence-corrected chi connectivity index (χ4v) is 2.79. The molecule has 2 N–H and O–H groups in total. The van der Waals surface area contributed by atoms with Gasteiger partial charge < -0.3 is 24.6 Å². The Morgan fingerprint density at radius 1 is 1.04 bits per heavy atom. The van der Waals surface area contributed by atoms with Crippen molar-refractivity contribution >= 4 is 11.9 Å². The molecule has 0 aromatic heterocycles. The number of benzene rings is 2. The van der Waals surface area contributed by atoms with Gasteiger partial charge in [0, 0.05) is 12.1 Å². The van der Waals surface area contributed by atoms with Crippen molar-refractivity contribution in [3.05, 3.63) is 53.6 Å². The third-order valence-electron chi connectivity index (χ3n) is 4.24. The molecule has 2 aromatic rings. The Kier molecular flexibility index (Phi) is 7.68. The van der Waals surface area contributed by atoms with Gasteiger partial charge in [-0.3, -0.25) is 9.59 Å². The first-order valence-corrected chi connectivity index (χ1v) is 8.93. The lowest BCUT2D eigenvalue weighted by Gasteiger charge is -2.16. The normalized spacial score (nSPS) is 11.4. The number of rotatable bonds is 10. The quantitative estimate of drug-likeness (QED) is 0.651. The maximum absolute atomic E-state index is 12.5. The van der Waals surface area contributed by atoms with E-state index in [4.69, 9.17) is 14.2 Å². The van der Waals surface area contributed by atoms with Crippen molar-refractivity contribution in [2.75, 3.05) is 27.4 Å². The lowest BCUT2D eigenvalue weighted by molar-refractivity contribution is -0.141. The minimum absolute atomic E-state index is 0.0122. The van der Waals surface area contributed by atoms with Crippen LogP contribution >= 0.6 is 0 Å². The SMILES string of the molecule is CCOc1ccc(C(=O)NCC(Cc2ccccc2OC)C(=O)O)cc1OC. The third-order valence-corrected chi connectivity index (χ3v) is 4.24. The van der Waals surface area contributed by atoms with Gasteiger partial charge in [0.1, 0.15) is 5.75 Å². The number of carbonyl (C=O) groups excluding carboxylic acids is 1. The molecule has 1 unspecified atom stereocenters. The second kappa shape index (κ2) is 10.2. The Hall–Kier alpha value is -3.22. The number of nitrogens with one attached hydrogen (secondary N) is 1. The molecule has 0 spiro atoms. The predicted molar refractivity (Wildman–Crippen MR) is 104 cm³/mol. The summed E-state index contributed by atoms with van der Waals surface area (Å²) < 4.78 is 15.9. The number of carbonyl (C=O) groups is 2. The predicted octanol–water partition coefficient (Wildman–Crippen LogP) is 2.78. The van der Waals surface area contributed by atoms with Gasteiger partial charge in [-0.15, -0.1) is 0 Å². The van der Waals surface area contributed by atoms with Crippen LogP contribution in [0.5, 0.6) is 17.2 Å². The van der Waals surface area contributed by atoms with Crippen LogP contribution in [-0.2, 0) is 11.2 Å². The fourth-order valence-electron chi connectivity index (χ4n) is 2.79. The summed E-state index contributed by atoms with van der Waals surface area (Å²) in [5.41, 5.74) is 1.14. The second-order valence-corrected chi connectivity index (χ2v) is 6.06. The van der Waals surface area contributed by atoms with Crippen molar-refractivity contribution in [2.24, 2.45) is 5.92 Å². The zero-order valence-corrected chi connectivity index (χ0v) is 16.2. The molecule has 0 radical (unpaired) electrons. The molecule has 2 rings (SSSR count). The smallest absolute Gasteiger partial charge is 0.308 e. The highest BCUT2D eigenvalue weighted by Gasteiger charge is 2.21. The largest absolute Gasteiger partial charge is 0.496 e. The van der Waals surface area contributed by atoms with E-state index < -0.39 is 11.9 Å². The highest BCUT2D eigenvalue weighted by atomic mass is 16.5. The van der Waals surface area contributed by atoms with E-state index in [1.807, 2.05) is 25.1 Å². The minimum Gasteiger partial charge on any atom is -0.496 e. The van der Waals surface area contributed by atoms with Crippen LogP contribution in [0.25, 0.3) is 0 Å². The van der Waals surface area contributed by atoms with Crippen LogP contribution in [0.4, 0.5) is 0 Å². The zero-order chi connectivity index (χ0) is 20.5. The molecule has 0 saturated heterocycles. The van der Waals surface area contributed by atoms with Crippen LogP contribution in [0.1, 0.15) is 22.8 Å². The Morgan fingerprint density at radius 2 is 1.75 bits per heavy atom. The van der Waals surface area contributed by atoms with E-state index in [-0.39, 0.29) is 18.9 Å². The van der Waals surface area contributed by atoms with Gasteiger partial charge in [-0.2, -0.15) is 0 Å². The van der Waals surface area contributed by atoms with Crippen molar-refractivity contribution in [1.29, 1.82) is 0 Å². The number of methoxy groups -OCH3 is 2. The topological polar surface area (TPSA) is 94.1 Å². The molecule has 0 aliphatic heterocycles. The summed E-state index contributed by atoms with van der Waals surface area (Å²) in [7, 11) is 3.03. The number of aliphatic carboxylic acids is 1. The first-order valence-electron chi connectivity index (χ1n) is 8.93. The molecular formula is C21H25NO6. The average Bonchev–Trinajstić information content (AvgIpc) is 2.71. The van der Waals surface area contributed by atoms with Gasteiger partial charge >= 0.3 is 5.97 Å². The monoisotopic (exact) mass is 387 g/mol. The summed E-state index contributed by atoms with van der Waals surface area (Å²) in [6.45, 7) is 2.32. The number of hydrogen-bond donors (Lipinski definition) is 2. The molecule has 0 fully saturated rings. The molecule has 150 valence electrons. The Morgan fingerprint density at radius 3 is 2.39 bits per heavy atom. The summed E-state index contributed by atoms with van der Waals surface area (Å²) in [6.07, 6.45) is 0.242. The maximum Gasteiger partial charge on any atom is 0.308 e. The number of amides is 1.